The Morgan fingerprint density at radius 2 is 1.72 bits per heavy atom. The first kappa shape index (κ1) is 19.7. The molecule has 0 spiro atoms. The van der Waals surface area contributed by atoms with E-state index in [1.807, 2.05) is 35.2 Å². The first-order valence-electron chi connectivity index (χ1n) is 9.01. The molecule has 2 fully saturated rings. The molecule has 1 unspecified atom stereocenters. The van der Waals surface area contributed by atoms with E-state index in [4.69, 9.17) is 5.73 Å². The van der Waals surface area contributed by atoms with Crippen LogP contribution in [0.1, 0.15) is 31.2 Å². The molecule has 0 radical (unpaired) electrons. The van der Waals surface area contributed by atoms with Gasteiger partial charge < -0.3 is 15.5 Å². The molecule has 5 nitrogen and oxygen atoms in total. The third-order valence-corrected chi connectivity index (χ3v) is 5.32. The van der Waals surface area contributed by atoms with Crippen molar-refractivity contribution >= 4 is 24.2 Å². The minimum atomic E-state index is -0.268. The molecule has 0 aliphatic carbocycles. The lowest BCUT2D eigenvalue weighted by atomic mass is 9.96. The standard InChI is InChI=1S/C19H27N3O2.ClH/c20-14-16-8-11-21(12-9-16)19(24)17-7-4-10-22(17)18(23)13-15-5-2-1-3-6-15;/h1-3,5-6,16-17H,4,7-14,20H2;1H. The molecule has 1 atom stereocenters. The van der Waals surface area contributed by atoms with E-state index in [2.05, 4.69) is 0 Å². The van der Waals surface area contributed by atoms with E-state index in [1.54, 1.807) is 4.90 Å². The molecule has 0 saturated carbocycles. The third-order valence-electron chi connectivity index (χ3n) is 5.32. The lowest BCUT2D eigenvalue weighted by molar-refractivity contribution is -0.144. The zero-order valence-corrected chi connectivity index (χ0v) is 15.4. The van der Waals surface area contributed by atoms with Gasteiger partial charge in [-0.25, -0.2) is 0 Å². The smallest absolute Gasteiger partial charge is 0.245 e. The van der Waals surface area contributed by atoms with Crippen molar-refractivity contribution in [2.75, 3.05) is 26.2 Å². The van der Waals surface area contributed by atoms with Gasteiger partial charge >= 0.3 is 0 Å². The van der Waals surface area contributed by atoms with E-state index in [-0.39, 0.29) is 30.3 Å². The highest BCUT2D eigenvalue weighted by molar-refractivity contribution is 5.89. The Morgan fingerprint density at radius 3 is 2.36 bits per heavy atom. The molecule has 2 aliphatic rings. The van der Waals surface area contributed by atoms with Crippen molar-refractivity contribution in [2.45, 2.75) is 38.1 Å². The van der Waals surface area contributed by atoms with E-state index in [0.717, 1.165) is 44.3 Å². The summed E-state index contributed by atoms with van der Waals surface area (Å²) in [5.41, 5.74) is 6.73. The lowest BCUT2D eigenvalue weighted by Crippen LogP contribution is -2.50. The Balaban J connectivity index is 0.00000225. The van der Waals surface area contributed by atoms with Crippen LogP contribution in [0.4, 0.5) is 0 Å². The Hall–Kier alpha value is -1.59. The van der Waals surface area contributed by atoms with Crippen molar-refractivity contribution in [3.8, 4) is 0 Å². The van der Waals surface area contributed by atoms with Crippen LogP contribution in [-0.2, 0) is 16.0 Å². The van der Waals surface area contributed by atoms with Crippen LogP contribution in [0.5, 0.6) is 0 Å². The first-order valence-corrected chi connectivity index (χ1v) is 9.01. The molecule has 25 heavy (non-hydrogen) atoms. The number of likely N-dealkylation sites (tertiary alicyclic amines) is 2. The second-order valence-electron chi connectivity index (χ2n) is 6.91. The van der Waals surface area contributed by atoms with E-state index in [0.29, 0.717) is 25.4 Å². The van der Waals surface area contributed by atoms with Crippen molar-refractivity contribution in [1.82, 2.24) is 9.80 Å². The van der Waals surface area contributed by atoms with Crippen LogP contribution >= 0.6 is 12.4 Å². The van der Waals surface area contributed by atoms with Crippen LogP contribution in [0.25, 0.3) is 0 Å². The SMILES string of the molecule is Cl.NCC1CCN(C(=O)C2CCCN2C(=O)Cc2ccccc2)CC1. The summed E-state index contributed by atoms with van der Waals surface area (Å²) >= 11 is 0. The minimum Gasteiger partial charge on any atom is -0.341 e. The van der Waals surface area contributed by atoms with Crippen LogP contribution in [0.15, 0.2) is 30.3 Å². The van der Waals surface area contributed by atoms with Crippen LogP contribution in [0, 0.1) is 5.92 Å². The molecule has 2 saturated heterocycles. The summed E-state index contributed by atoms with van der Waals surface area (Å²) in [5, 5.41) is 0. The average Bonchev–Trinajstić information content (AvgIpc) is 3.12. The third kappa shape index (κ3) is 4.73. The molecule has 0 bridgehead atoms. The van der Waals surface area contributed by atoms with Crippen molar-refractivity contribution < 1.29 is 9.59 Å². The van der Waals surface area contributed by atoms with E-state index >= 15 is 0 Å². The van der Waals surface area contributed by atoms with Gasteiger partial charge in [-0.3, -0.25) is 9.59 Å². The summed E-state index contributed by atoms with van der Waals surface area (Å²) in [4.78, 5) is 29.2. The number of benzene rings is 1. The maximum atomic E-state index is 12.9. The highest BCUT2D eigenvalue weighted by Crippen LogP contribution is 2.23. The molecule has 2 amide bonds. The van der Waals surface area contributed by atoms with Crippen LogP contribution in [0.2, 0.25) is 0 Å². The molecule has 6 heteroatoms. The molecular weight excluding hydrogens is 338 g/mol. The molecular formula is C19H28ClN3O2. The molecule has 0 aromatic heterocycles. The Bertz CT molecular complexity index is 573. The zero-order valence-electron chi connectivity index (χ0n) is 14.6. The van der Waals surface area contributed by atoms with Gasteiger partial charge in [0.25, 0.3) is 0 Å². The summed E-state index contributed by atoms with van der Waals surface area (Å²) in [7, 11) is 0. The van der Waals surface area contributed by atoms with E-state index in [9.17, 15) is 9.59 Å². The molecule has 1 aromatic carbocycles. The van der Waals surface area contributed by atoms with Gasteiger partial charge in [0.15, 0.2) is 0 Å². The van der Waals surface area contributed by atoms with Gasteiger partial charge in [0.05, 0.1) is 6.42 Å². The number of amides is 2. The number of hydrogen-bond acceptors (Lipinski definition) is 3. The largest absolute Gasteiger partial charge is 0.341 e. The summed E-state index contributed by atoms with van der Waals surface area (Å²) in [6.07, 6.45) is 4.03. The van der Waals surface area contributed by atoms with Gasteiger partial charge in [-0.15, -0.1) is 12.4 Å². The molecule has 2 heterocycles. The highest BCUT2D eigenvalue weighted by Gasteiger charge is 2.37. The van der Waals surface area contributed by atoms with Crippen molar-refractivity contribution in [1.29, 1.82) is 0 Å². The predicted molar refractivity (Wildman–Crippen MR) is 100 cm³/mol. The molecule has 2 N–H and O–H groups in total. The molecule has 138 valence electrons. The van der Waals surface area contributed by atoms with Crippen LogP contribution in [-0.4, -0.2) is 53.8 Å². The fourth-order valence-electron chi connectivity index (χ4n) is 3.79. The first-order chi connectivity index (χ1) is 11.7. The monoisotopic (exact) mass is 365 g/mol. The summed E-state index contributed by atoms with van der Waals surface area (Å²) in [6.45, 7) is 2.95. The normalized spacial score (nSPS) is 21.1. The maximum Gasteiger partial charge on any atom is 0.245 e. The second kappa shape index (κ2) is 9.20. The number of rotatable bonds is 4. The Labute approximate surface area is 155 Å². The fraction of sp³-hybridized carbons (Fsp3) is 0.579. The predicted octanol–water partition coefficient (Wildman–Crippen LogP) is 1.84. The van der Waals surface area contributed by atoms with Gasteiger partial charge in [0.2, 0.25) is 11.8 Å². The molecule has 2 aliphatic heterocycles. The number of nitrogens with zero attached hydrogens (tertiary/aromatic N) is 2. The fourth-order valence-corrected chi connectivity index (χ4v) is 3.79. The van der Waals surface area contributed by atoms with Crippen molar-refractivity contribution in [3.05, 3.63) is 35.9 Å². The Morgan fingerprint density at radius 1 is 1.04 bits per heavy atom. The Kier molecular flexibility index (Phi) is 7.26. The minimum absolute atomic E-state index is 0. The number of hydrogen-bond donors (Lipinski definition) is 1. The van der Waals surface area contributed by atoms with Gasteiger partial charge in [0.1, 0.15) is 6.04 Å². The highest BCUT2D eigenvalue weighted by atomic mass is 35.5. The van der Waals surface area contributed by atoms with Gasteiger partial charge in [-0.1, -0.05) is 30.3 Å². The van der Waals surface area contributed by atoms with E-state index < -0.39 is 0 Å². The number of carbonyl (C=O) groups is 2. The van der Waals surface area contributed by atoms with Gasteiger partial charge in [-0.05, 0) is 43.7 Å². The number of piperidine rings is 1. The number of nitrogens with two attached hydrogens (primary N) is 1. The van der Waals surface area contributed by atoms with Crippen LogP contribution < -0.4 is 5.73 Å². The number of carbonyl (C=O) groups excluding carboxylic acids is 2. The summed E-state index contributed by atoms with van der Waals surface area (Å²) in [6, 6.07) is 9.48. The maximum absolute atomic E-state index is 12.9. The van der Waals surface area contributed by atoms with Crippen molar-refractivity contribution in [3.63, 3.8) is 0 Å². The van der Waals surface area contributed by atoms with E-state index in [1.165, 1.54) is 0 Å². The summed E-state index contributed by atoms with van der Waals surface area (Å²) < 4.78 is 0. The van der Waals surface area contributed by atoms with Crippen molar-refractivity contribution in [2.24, 2.45) is 11.7 Å². The second-order valence-corrected chi connectivity index (χ2v) is 6.91. The summed E-state index contributed by atoms with van der Waals surface area (Å²) in [5.74, 6) is 0.728. The molecule has 3 rings (SSSR count). The zero-order chi connectivity index (χ0) is 16.9. The quantitative estimate of drug-likeness (QED) is 0.885. The van der Waals surface area contributed by atoms with Crippen LogP contribution in [0.3, 0.4) is 0 Å². The lowest BCUT2D eigenvalue weighted by Gasteiger charge is -2.35. The van der Waals surface area contributed by atoms with Gasteiger partial charge in [0, 0.05) is 19.6 Å². The average molecular weight is 366 g/mol. The molecule has 1 aromatic rings. The number of halogens is 1. The topological polar surface area (TPSA) is 66.6 Å². The van der Waals surface area contributed by atoms with Gasteiger partial charge in [-0.2, -0.15) is 0 Å².